The van der Waals surface area contributed by atoms with Gasteiger partial charge in [-0.15, -0.1) is 0 Å². The van der Waals surface area contributed by atoms with E-state index in [-0.39, 0.29) is 17.7 Å². The first-order valence-electron chi connectivity index (χ1n) is 5.38. The summed E-state index contributed by atoms with van der Waals surface area (Å²) in [6.07, 6.45) is 1.84. The third-order valence-electron chi connectivity index (χ3n) is 2.45. The Morgan fingerprint density at radius 3 is 2.88 bits per heavy atom. The summed E-state index contributed by atoms with van der Waals surface area (Å²) in [5.74, 6) is 0.690. The molecule has 0 aliphatic carbocycles. The molecule has 0 aliphatic rings. The molecule has 0 aromatic carbocycles. The fourth-order valence-electron chi connectivity index (χ4n) is 1.41. The molecule has 1 atom stereocenters. The summed E-state index contributed by atoms with van der Waals surface area (Å²) in [7, 11) is 0. The molecule has 0 radical (unpaired) electrons. The standard InChI is InChI=1S/C10H18N4O2/c1-7(2)8(5-11)10(15)12-4-3-9-13-6-16-14-9/h6-8H,3-5,11H2,1-2H3,(H,12,15). The van der Waals surface area contributed by atoms with Crippen molar-refractivity contribution in [3.63, 3.8) is 0 Å². The second-order valence-corrected chi connectivity index (χ2v) is 3.97. The molecule has 16 heavy (non-hydrogen) atoms. The van der Waals surface area contributed by atoms with Crippen LogP contribution in [-0.2, 0) is 11.2 Å². The minimum atomic E-state index is -0.134. The lowest BCUT2D eigenvalue weighted by Crippen LogP contribution is -2.38. The van der Waals surface area contributed by atoms with Gasteiger partial charge in [-0.2, -0.15) is 4.98 Å². The van der Waals surface area contributed by atoms with E-state index in [2.05, 4.69) is 20.0 Å². The number of carbonyl (C=O) groups is 1. The van der Waals surface area contributed by atoms with Gasteiger partial charge in [0.2, 0.25) is 12.3 Å². The number of nitrogens with zero attached hydrogens (tertiary/aromatic N) is 2. The molecule has 0 bridgehead atoms. The smallest absolute Gasteiger partial charge is 0.224 e. The Bertz CT molecular complexity index is 311. The fourth-order valence-corrected chi connectivity index (χ4v) is 1.41. The van der Waals surface area contributed by atoms with Crippen molar-refractivity contribution in [3.05, 3.63) is 12.2 Å². The number of nitrogens with two attached hydrogens (primary N) is 1. The van der Waals surface area contributed by atoms with Crippen LogP contribution in [0.25, 0.3) is 0 Å². The first-order chi connectivity index (χ1) is 7.65. The molecule has 0 aliphatic heterocycles. The van der Waals surface area contributed by atoms with E-state index in [4.69, 9.17) is 5.73 Å². The van der Waals surface area contributed by atoms with Gasteiger partial charge < -0.3 is 15.6 Å². The van der Waals surface area contributed by atoms with E-state index in [1.807, 2.05) is 13.8 Å². The first-order valence-corrected chi connectivity index (χ1v) is 5.38. The molecule has 1 unspecified atom stereocenters. The van der Waals surface area contributed by atoms with Gasteiger partial charge in [0.05, 0.1) is 5.92 Å². The van der Waals surface area contributed by atoms with Crippen molar-refractivity contribution in [3.8, 4) is 0 Å². The molecule has 0 saturated heterocycles. The number of hydrogen-bond donors (Lipinski definition) is 2. The monoisotopic (exact) mass is 226 g/mol. The van der Waals surface area contributed by atoms with Gasteiger partial charge in [-0.1, -0.05) is 19.0 Å². The lowest BCUT2D eigenvalue weighted by atomic mass is 9.95. The van der Waals surface area contributed by atoms with E-state index in [1.54, 1.807) is 0 Å². The minimum Gasteiger partial charge on any atom is -0.355 e. The Kier molecular flexibility index (Phi) is 4.91. The highest BCUT2D eigenvalue weighted by atomic mass is 16.5. The van der Waals surface area contributed by atoms with E-state index in [0.29, 0.717) is 25.3 Å². The van der Waals surface area contributed by atoms with Gasteiger partial charge in [-0.05, 0) is 5.92 Å². The molecule has 1 aromatic rings. The van der Waals surface area contributed by atoms with E-state index in [9.17, 15) is 4.79 Å². The molecule has 6 heteroatoms. The van der Waals surface area contributed by atoms with Crippen molar-refractivity contribution >= 4 is 5.91 Å². The third-order valence-corrected chi connectivity index (χ3v) is 2.45. The van der Waals surface area contributed by atoms with Crippen LogP contribution in [0, 0.1) is 11.8 Å². The molecule has 3 N–H and O–H groups in total. The van der Waals surface area contributed by atoms with Gasteiger partial charge in [0.25, 0.3) is 0 Å². The highest BCUT2D eigenvalue weighted by Crippen LogP contribution is 2.08. The quantitative estimate of drug-likeness (QED) is 0.709. The third kappa shape index (κ3) is 3.62. The Labute approximate surface area is 94.6 Å². The van der Waals surface area contributed by atoms with Crippen LogP contribution in [0.5, 0.6) is 0 Å². The number of amides is 1. The lowest BCUT2D eigenvalue weighted by molar-refractivity contribution is -0.125. The van der Waals surface area contributed by atoms with Crippen LogP contribution >= 0.6 is 0 Å². The number of nitrogens with one attached hydrogen (secondary N) is 1. The summed E-state index contributed by atoms with van der Waals surface area (Å²) >= 11 is 0. The van der Waals surface area contributed by atoms with Crippen LogP contribution < -0.4 is 11.1 Å². The first kappa shape index (κ1) is 12.6. The molecule has 0 spiro atoms. The lowest BCUT2D eigenvalue weighted by Gasteiger charge is -2.17. The highest BCUT2D eigenvalue weighted by molar-refractivity contribution is 5.79. The fraction of sp³-hybridized carbons (Fsp3) is 0.700. The predicted octanol–water partition coefficient (Wildman–Crippen LogP) is -0.0408. The number of hydrogen-bond acceptors (Lipinski definition) is 5. The number of rotatable bonds is 6. The van der Waals surface area contributed by atoms with Gasteiger partial charge in [0, 0.05) is 19.5 Å². The summed E-state index contributed by atoms with van der Waals surface area (Å²) < 4.78 is 4.59. The molecule has 1 amide bonds. The zero-order valence-corrected chi connectivity index (χ0v) is 9.64. The molecule has 1 heterocycles. The van der Waals surface area contributed by atoms with Gasteiger partial charge in [0.1, 0.15) is 0 Å². The highest BCUT2D eigenvalue weighted by Gasteiger charge is 2.19. The van der Waals surface area contributed by atoms with Crippen LogP contribution in [-0.4, -0.2) is 29.1 Å². The summed E-state index contributed by atoms with van der Waals surface area (Å²) in [6.45, 7) is 4.83. The number of carbonyl (C=O) groups excluding carboxylic acids is 1. The van der Waals surface area contributed by atoms with Gasteiger partial charge in [0.15, 0.2) is 5.82 Å². The second-order valence-electron chi connectivity index (χ2n) is 3.97. The molecule has 0 saturated carbocycles. The van der Waals surface area contributed by atoms with Gasteiger partial charge in [-0.25, -0.2) is 0 Å². The maximum absolute atomic E-state index is 11.7. The normalized spacial score (nSPS) is 12.8. The van der Waals surface area contributed by atoms with Crippen molar-refractivity contribution < 1.29 is 9.32 Å². The zero-order valence-electron chi connectivity index (χ0n) is 9.64. The summed E-state index contributed by atoms with van der Waals surface area (Å²) in [5.41, 5.74) is 5.54. The Balaban J connectivity index is 2.29. The SMILES string of the molecule is CC(C)C(CN)C(=O)NCCc1ncon1. The minimum absolute atomic E-state index is 0.0130. The van der Waals surface area contributed by atoms with Crippen molar-refractivity contribution in [1.82, 2.24) is 15.5 Å². The summed E-state index contributed by atoms with van der Waals surface area (Å²) in [6, 6.07) is 0. The Morgan fingerprint density at radius 2 is 2.38 bits per heavy atom. The van der Waals surface area contributed by atoms with Crippen molar-refractivity contribution in [2.24, 2.45) is 17.6 Å². The molecule has 0 fully saturated rings. The summed E-state index contributed by atoms with van der Waals surface area (Å²) in [4.78, 5) is 15.5. The second kappa shape index (κ2) is 6.22. The molecule has 90 valence electrons. The van der Waals surface area contributed by atoms with Crippen LogP contribution in [0.2, 0.25) is 0 Å². The summed E-state index contributed by atoms with van der Waals surface area (Å²) in [5, 5.41) is 6.46. The molecular formula is C10H18N4O2. The van der Waals surface area contributed by atoms with Crippen LogP contribution in [0.15, 0.2) is 10.9 Å². The van der Waals surface area contributed by atoms with Crippen LogP contribution in [0.4, 0.5) is 0 Å². The predicted molar refractivity (Wildman–Crippen MR) is 58.4 cm³/mol. The zero-order chi connectivity index (χ0) is 12.0. The molecule has 1 aromatic heterocycles. The Morgan fingerprint density at radius 1 is 1.62 bits per heavy atom. The van der Waals surface area contributed by atoms with Crippen LogP contribution in [0.3, 0.4) is 0 Å². The molecule has 6 nitrogen and oxygen atoms in total. The largest absolute Gasteiger partial charge is 0.355 e. The van der Waals surface area contributed by atoms with Gasteiger partial charge in [-0.3, -0.25) is 4.79 Å². The van der Waals surface area contributed by atoms with E-state index >= 15 is 0 Å². The Hall–Kier alpha value is -1.43. The van der Waals surface area contributed by atoms with Crippen molar-refractivity contribution in [2.75, 3.05) is 13.1 Å². The molecular weight excluding hydrogens is 208 g/mol. The van der Waals surface area contributed by atoms with E-state index in [0.717, 1.165) is 0 Å². The van der Waals surface area contributed by atoms with E-state index < -0.39 is 0 Å². The van der Waals surface area contributed by atoms with E-state index in [1.165, 1.54) is 6.39 Å². The maximum Gasteiger partial charge on any atom is 0.224 e. The van der Waals surface area contributed by atoms with Crippen LogP contribution in [0.1, 0.15) is 19.7 Å². The molecule has 1 rings (SSSR count). The average Bonchev–Trinajstić information content (AvgIpc) is 2.71. The maximum atomic E-state index is 11.7. The van der Waals surface area contributed by atoms with Gasteiger partial charge >= 0.3 is 0 Å². The average molecular weight is 226 g/mol. The van der Waals surface area contributed by atoms with Crippen molar-refractivity contribution in [2.45, 2.75) is 20.3 Å². The number of aromatic nitrogens is 2. The van der Waals surface area contributed by atoms with Crippen molar-refractivity contribution in [1.29, 1.82) is 0 Å². The topological polar surface area (TPSA) is 94.0 Å².